The van der Waals surface area contributed by atoms with Gasteiger partial charge in [-0.3, -0.25) is 19.2 Å². The van der Waals surface area contributed by atoms with Crippen molar-refractivity contribution >= 4 is 46.4 Å². The van der Waals surface area contributed by atoms with Crippen LogP contribution in [0.1, 0.15) is 40.7 Å². The van der Waals surface area contributed by atoms with E-state index in [-0.39, 0.29) is 16.9 Å². The fourth-order valence-corrected chi connectivity index (χ4v) is 5.01. The molecule has 0 bridgehead atoms. The molecule has 14 heteroatoms. The van der Waals surface area contributed by atoms with Gasteiger partial charge in [-0.15, -0.1) is 11.3 Å². The highest BCUT2D eigenvalue weighted by molar-refractivity contribution is 7.18. The van der Waals surface area contributed by atoms with Crippen molar-refractivity contribution in [3.05, 3.63) is 86.8 Å². The van der Waals surface area contributed by atoms with Crippen molar-refractivity contribution < 1.29 is 41.5 Å². The average molecular weight is 642 g/mol. The van der Waals surface area contributed by atoms with E-state index in [0.717, 1.165) is 17.4 Å². The van der Waals surface area contributed by atoms with E-state index in [2.05, 4.69) is 16.0 Å². The number of alkyl halides is 3. The summed E-state index contributed by atoms with van der Waals surface area (Å²) in [6.45, 7) is 2.66. The summed E-state index contributed by atoms with van der Waals surface area (Å²) in [5.74, 6) is -5.96. The second kappa shape index (κ2) is 14.5. The fourth-order valence-electron chi connectivity index (χ4n) is 4.06. The normalized spacial score (nSPS) is 13.5. The van der Waals surface area contributed by atoms with Crippen LogP contribution < -0.4 is 20.7 Å². The zero-order valence-corrected chi connectivity index (χ0v) is 24.7. The zero-order valence-electron chi connectivity index (χ0n) is 23.1. The number of carbonyl (C=O) groups is 4. The molecule has 3 atom stereocenters. The highest BCUT2D eigenvalue weighted by Crippen LogP contribution is 2.24. The Balaban J connectivity index is 1.96. The number of amides is 3. The minimum Gasteiger partial charge on any atom is -0.497 e. The second-order valence-electron chi connectivity index (χ2n) is 9.77. The molecule has 0 fully saturated rings. The molecule has 2 aromatic carbocycles. The van der Waals surface area contributed by atoms with Crippen LogP contribution in [0.4, 0.5) is 17.6 Å². The summed E-state index contributed by atoms with van der Waals surface area (Å²) >= 11 is 6.88. The lowest BCUT2D eigenvalue weighted by Crippen LogP contribution is -2.55. The lowest BCUT2D eigenvalue weighted by atomic mass is 9.97. The van der Waals surface area contributed by atoms with Crippen molar-refractivity contribution in [3.63, 3.8) is 0 Å². The van der Waals surface area contributed by atoms with Crippen LogP contribution in [0, 0.1) is 11.7 Å². The van der Waals surface area contributed by atoms with E-state index in [1.165, 1.54) is 75.6 Å². The van der Waals surface area contributed by atoms with Crippen LogP contribution in [-0.4, -0.2) is 48.9 Å². The lowest BCUT2D eigenvalue weighted by molar-refractivity contribution is -0.175. The predicted octanol–water partition coefficient (Wildman–Crippen LogP) is 5.02. The second-order valence-corrected chi connectivity index (χ2v) is 11.5. The first-order chi connectivity index (χ1) is 20.2. The summed E-state index contributed by atoms with van der Waals surface area (Å²) in [6, 6.07) is 9.10. The standard InChI is InChI=1S/C29H28ClF4N3O5S/c1-15(2)23(25(38)29(32,33)34)36-28(41)24(17-7-9-19(42-3)10-8-17)37-26(39)20(14-16-5-4-6-18(31)13-16)35-27(40)21-11-12-22(30)43-21/h4-13,15,20,23-24H,14H2,1-3H3,(H,35,40)(H,36,41)(H,37,39). The van der Waals surface area contributed by atoms with Gasteiger partial charge in [-0.2, -0.15) is 13.2 Å². The molecule has 43 heavy (non-hydrogen) atoms. The number of ketones is 1. The first-order valence-corrected chi connectivity index (χ1v) is 14.1. The molecule has 3 aromatic rings. The van der Waals surface area contributed by atoms with Gasteiger partial charge >= 0.3 is 6.18 Å². The van der Waals surface area contributed by atoms with Crippen molar-refractivity contribution in [2.24, 2.45) is 5.92 Å². The molecular weight excluding hydrogens is 614 g/mol. The molecule has 3 unspecified atom stereocenters. The van der Waals surface area contributed by atoms with Gasteiger partial charge in [-0.05, 0) is 53.4 Å². The van der Waals surface area contributed by atoms with Crippen LogP contribution in [0.2, 0.25) is 4.34 Å². The minimum atomic E-state index is -5.22. The molecule has 0 saturated heterocycles. The predicted molar refractivity (Wildman–Crippen MR) is 152 cm³/mol. The van der Waals surface area contributed by atoms with Gasteiger partial charge in [-0.1, -0.05) is 49.7 Å². The van der Waals surface area contributed by atoms with Gasteiger partial charge in [0.1, 0.15) is 23.7 Å². The summed E-state index contributed by atoms with van der Waals surface area (Å²) in [5.41, 5.74) is 0.486. The molecule has 0 aliphatic rings. The van der Waals surface area contributed by atoms with E-state index in [9.17, 15) is 36.7 Å². The number of nitrogens with one attached hydrogen (secondary N) is 3. The number of ether oxygens (including phenoxy) is 1. The van der Waals surface area contributed by atoms with E-state index in [0.29, 0.717) is 15.6 Å². The zero-order chi connectivity index (χ0) is 31.9. The minimum absolute atomic E-state index is 0.148. The Kier molecular flexibility index (Phi) is 11.3. The summed E-state index contributed by atoms with van der Waals surface area (Å²) in [5, 5.41) is 7.14. The molecular formula is C29H28ClF4N3O5S. The van der Waals surface area contributed by atoms with Gasteiger partial charge in [0, 0.05) is 6.42 Å². The molecule has 0 saturated carbocycles. The number of carbonyl (C=O) groups excluding carboxylic acids is 4. The van der Waals surface area contributed by atoms with E-state index in [4.69, 9.17) is 16.3 Å². The smallest absolute Gasteiger partial charge is 0.452 e. The Labute approximate surface area is 253 Å². The first kappa shape index (κ1) is 33.5. The maximum Gasteiger partial charge on any atom is 0.452 e. The Morgan fingerprint density at radius 1 is 0.930 bits per heavy atom. The molecule has 0 spiro atoms. The summed E-state index contributed by atoms with van der Waals surface area (Å²) in [7, 11) is 1.40. The third-order valence-electron chi connectivity index (χ3n) is 6.27. The topological polar surface area (TPSA) is 114 Å². The van der Waals surface area contributed by atoms with Crippen LogP contribution in [0.15, 0.2) is 60.7 Å². The number of benzene rings is 2. The summed E-state index contributed by atoms with van der Waals surface area (Å²) < 4.78 is 59.2. The van der Waals surface area contributed by atoms with Crippen molar-refractivity contribution in [2.45, 2.75) is 44.6 Å². The summed E-state index contributed by atoms with van der Waals surface area (Å²) in [4.78, 5) is 52.2. The molecule has 0 radical (unpaired) electrons. The highest BCUT2D eigenvalue weighted by Gasteiger charge is 2.45. The molecule has 8 nitrogen and oxygen atoms in total. The summed E-state index contributed by atoms with van der Waals surface area (Å²) in [6.07, 6.45) is -5.42. The monoisotopic (exact) mass is 641 g/mol. The van der Waals surface area contributed by atoms with E-state index in [1.807, 2.05) is 0 Å². The van der Waals surface area contributed by atoms with Crippen molar-refractivity contribution in [3.8, 4) is 5.75 Å². The molecule has 3 amide bonds. The number of methoxy groups -OCH3 is 1. The average Bonchev–Trinajstić information content (AvgIpc) is 3.39. The van der Waals surface area contributed by atoms with Gasteiger partial charge in [-0.25, -0.2) is 4.39 Å². The maximum absolute atomic E-state index is 13.9. The number of Topliss-reactive ketones (excluding diaryl/α,β-unsaturated/α-hetero) is 1. The fraction of sp³-hybridized carbons (Fsp3) is 0.310. The van der Waals surface area contributed by atoms with Gasteiger partial charge in [0.15, 0.2) is 0 Å². The number of halogens is 5. The lowest BCUT2D eigenvalue weighted by Gasteiger charge is -2.27. The largest absolute Gasteiger partial charge is 0.497 e. The highest BCUT2D eigenvalue weighted by atomic mass is 35.5. The van der Waals surface area contributed by atoms with Gasteiger partial charge in [0.25, 0.3) is 11.7 Å². The van der Waals surface area contributed by atoms with E-state index < -0.39 is 59.5 Å². The Hall–Kier alpha value is -3.97. The Bertz CT molecular complexity index is 1460. The molecule has 1 aromatic heterocycles. The number of hydrogen-bond donors (Lipinski definition) is 3. The Morgan fingerprint density at radius 2 is 1.60 bits per heavy atom. The van der Waals surface area contributed by atoms with Crippen LogP contribution in [0.3, 0.4) is 0 Å². The van der Waals surface area contributed by atoms with Crippen molar-refractivity contribution in [1.82, 2.24) is 16.0 Å². The SMILES string of the molecule is COc1ccc(C(NC(=O)C(Cc2cccc(F)c2)NC(=O)c2ccc(Cl)s2)C(=O)NC(C(=O)C(F)(F)F)C(C)C)cc1. The molecule has 230 valence electrons. The maximum atomic E-state index is 13.9. The molecule has 3 rings (SSSR count). The third kappa shape index (κ3) is 9.26. The number of rotatable bonds is 12. The number of thiophene rings is 1. The third-order valence-corrected chi connectivity index (χ3v) is 7.50. The van der Waals surface area contributed by atoms with Gasteiger partial charge in [0.2, 0.25) is 11.8 Å². The molecule has 3 N–H and O–H groups in total. The van der Waals surface area contributed by atoms with Crippen LogP contribution in [0.25, 0.3) is 0 Å². The van der Waals surface area contributed by atoms with E-state index in [1.54, 1.807) is 0 Å². The Morgan fingerprint density at radius 3 is 2.14 bits per heavy atom. The van der Waals surface area contributed by atoms with Gasteiger partial charge in [0.05, 0.1) is 22.4 Å². The first-order valence-electron chi connectivity index (χ1n) is 12.9. The van der Waals surface area contributed by atoms with Crippen molar-refractivity contribution in [1.29, 1.82) is 0 Å². The molecule has 0 aliphatic carbocycles. The molecule has 0 aliphatic heterocycles. The molecule has 1 heterocycles. The van der Waals surface area contributed by atoms with Crippen LogP contribution in [-0.2, 0) is 20.8 Å². The van der Waals surface area contributed by atoms with Gasteiger partial charge < -0.3 is 20.7 Å². The van der Waals surface area contributed by atoms with Crippen LogP contribution in [0.5, 0.6) is 5.75 Å². The van der Waals surface area contributed by atoms with Crippen molar-refractivity contribution in [2.75, 3.05) is 7.11 Å². The quantitative estimate of drug-likeness (QED) is 0.241. The van der Waals surface area contributed by atoms with E-state index >= 15 is 0 Å². The number of hydrogen-bond acceptors (Lipinski definition) is 6. The van der Waals surface area contributed by atoms with Crippen LogP contribution >= 0.6 is 22.9 Å².